The van der Waals surface area contributed by atoms with E-state index in [1.807, 2.05) is 0 Å². The molecule has 0 spiro atoms. The Kier molecular flexibility index (Phi) is 10.1. The smallest absolute Gasteiger partial charge is 0.111 e. The van der Waals surface area contributed by atoms with E-state index in [0.29, 0.717) is 16.7 Å². The molecule has 0 aliphatic carbocycles. The van der Waals surface area contributed by atoms with Crippen LogP contribution in [-0.2, 0) is 9.47 Å². The second-order valence-corrected chi connectivity index (χ2v) is 8.97. The van der Waals surface area contributed by atoms with Crippen molar-refractivity contribution in [3.63, 3.8) is 0 Å². The van der Waals surface area contributed by atoms with E-state index in [1.54, 1.807) is 42.5 Å². The molecule has 2 saturated heterocycles. The van der Waals surface area contributed by atoms with Crippen LogP contribution in [0.5, 0.6) is 0 Å². The van der Waals surface area contributed by atoms with Crippen LogP contribution in [0, 0.1) is 11.3 Å². The highest BCUT2D eigenvalue weighted by molar-refractivity contribution is 5.63. The van der Waals surface area contributed by atoms with Gasteiger partial charge < -0.3 is 50.3 Å². The minimum atomic E-state index is -1.45. The number of aliphatic hydroxyl groups excluding tert-OH is 8. The molecule has 2 fully saturated rings. The first-order chi connectivity index (χ1) is 17.2. The van der Waals surface area contributed by atoms with Gasteiger partial charge in [0, 0.05) is 0 Å². The van der Waals surface area contributed by atoms with Crippen molar-refractivity contribution < 1.29 is 50.3 Å². The van der Waals surface area contributed by atoms with E-state index in [-0.39, 0.29) is 12.8 Å². The summed E-state index contributed by atoms with van der Waals surface area (Å²) >= 11 is 0. The van der Waals surface area contributed by atoms with Gasteiger partial charge in [0.25, 0.3) is 0 Å². The van der Waals surface area contributed by atoms with E-state index in [2.05, 4.69) is 6.07 Å². The Hall–Kier alpha value is -2.21. The van der Waals surface area contributed by atoms with Crippen LogP contribution in [0.15, 0.2) is 30.4 Å². The molecule has 1 aromatic rings. The lowest BCUT2D eigenvalue weighted by Gasteiger charge is -2.39. The third kappa shape index (κ3) is 6.37. The summed E-state index contributed by atoms with van der Waals surface area (Å²) < 4.78 is 10.9. The van der Waals surface area contributed by atoms with Crippen molar-refractivity contribution in [2.45, 2.75) is 73.9 Å². The Morgan fingerprint density at radius 2 is 1.17 bits per heavy atom. The standard InChI is InChI=1S/C25H33NO10/c26-10-15-9-13(3-1-5-16-20(29)24(33)22(31)18(11-27)35-16)7-8-14(15)4-2-6-17-21(30)25(34)23(32)19(12-28)36-17/h1-4,7-9,16-25,27-34H,5-6,11-12H2/b3-1+,4-2+/t16-,17-,18-,19-,20-,21+,22-,23-,24-,25-/m1/s1. The highest BCUT2D eigenvalue weighted by Crippen LogP contribution is 2.25. The van der Waals surface area contributed by atoms with Crippen LogP contribution in [-0.4, -0.2) is 115 Å². The Bertz CT molecular complexity index is 959. The summed E-state index contributed by atoms with van der Waals surface area (Å²) in [5.41, 5.74) is 1.67. The van der Waals surface area contributed by atoms with Crippen molar-refractivity contribution in [1.29, 1.82) is 5.26 Å². The Labute approximate surface area is 208 Å². The number of benzene rings is 1. The molecule has 0 saturated carbocycles. The first kappa shape index (κ1) is 28.4. The van der Waals surface area contributed by atoms with Crippen molar-refractivity contribution in [1.82, 2.24) is 0 Å². The zero-order chi connectivity index (χ0) is 26.4. The molecule has 0 bridgehead atoms. The second-order valence-electron chi connectivity index (χ2n) is 8.97. The van der Waals surface area contributed by atoms with Crippen LogP contribution in [0.25, 0.3) is 12.2 Å². The highest BCUT2D eigenvalue weighted by atomic mass is 16.5. The number of nitrogens with zero attached hydrogens (tertiary/aromatic N) is 1. The van der Waals surface area contributed by atoms with Gasteiger partial charge in [-0.15, -0.1) is 0 Å². The van der Waals surface area contributed by atoms with Crippen LogP contribution >= 0.6 is 0 Å². The molecule has 1 aromatic carbocycles. The normalized spacial score (nSPS) is 37.4. The lowest BCUT2D eigenvalue weighted by Crippen LogP contribution is -2.58. The third-order valence-corrected chi connectivity index (χ3v) is 6.52. The summed E-state index contributed by atoms with van der Waals surface area (Å²) in [6.45, 7) is -1.00. The summed E-state index contributed by atoms with van der Waals surface area (Å²) in [5.74, 6) is 0. The topological polar surface area (TPSA) is 204 Å². The highest BCUT2D eigenvalue weighted by Gasteiger charge is 2.43. The molecule has 0 radical (unpaired) electrons. The minimum Gasteiger partial charge on any atom is -0.394 e. The molecule has 11 heteroatoms. The monoisotopic (exact) mass is 507 g/mol. The maximum absolute atomic E-state index is 10.1. The van der Waals surface area contributed by atoms with Gasteiger partial charge in [-0.25, -0.2) is 0 Å². The van der Waals surface area contributed by atoms with E-state index in [9.17, 15) is 46.1 Å². The number of aliphatic hydroxyl groups is 8. The van der Waals surface area contributed by atoms with Crippen molar-refractivity contribution >= 4 is 12.2 Å². The van der Waals surface area contributed by atoms with Gasteiger partial charge in [-0.2, -0.15) is 5.26 Å². The summed E-state index contributed by atoms with van der Waals surface area (Å²) in [7, 11) is 0. The molecule has 3 rings (SSSR count). The van der Waals surface area contributed by atoms with Crippen LogP contribution < -0.4 is 0 Å². The molecule has 11 nitrogen and oxygen atoms in total. The molecule has 0 unspecified atom stereocenters. The minimum absolute atomic E-state index is 0.174. The van der Waals surface area contributed by atoms with Gasteiger partial charge in [0.05, 0.1) is 37.1 Å². The van der Waals surface area contributed by atoms with Gasteiger partial charge in [-0.3, -0.25) is 0 Å². The van der Waals surface area contributed by atoms with Gasteiger partial charge in [0.2, 0.25) is 0 Å². The second kappa shape index (κ2) is 12.8. The first-order valence-corrected chi connectivity index (χ1v) is 11.7. The zero-order valence-corrected chi connectivity index (χ0v) is 19.5. The SMILES string of the molecule is N#Cc1cc(/C=C/C[C@H]2O[C@H](CO)[C@@H](O)[C@H](O)[C@@H]2O)ccc1/C=C/C[C@H]1O[C@H](CO)[C@@H](O)[C@H](O)[C@H]1O. The van der Waals surface area contributed by atoms with Crippen LogP contribution in [0.3, 0.4) is 0 Å². The van der Waals surface area contributed by atoms with Gasteiger partial charge in [-0.1, -0.05) is 36.4 Å². The fraction of sp³-hybridized carbons (Fsp3) is 0.560. The molecule has 36 heavy (non-hydrogen) atoms. The van der Waals surface area contributed by atoms with E-state index >= 15 is 0 Å². The molecular formula is C25H33NO10. The number of ether oxygens (including phenoxy) is 2. The number of hydrogen-bond acceptors (Lipinski definition) is 11. The van der Waals surface area contributed by atoms with Crippen molar-refractivity contribution in [2.75, 3.05) is 13.2 Å². The van der Waals surface area contributed by atoms with E-state index < -0.39 is 74.3 Å². The quantitative estimate of drug-likeness (QED) is 0.194. The van der Waals surface area contributed by atoms with Crippen LogP contribution in [0.2, 0.25) is 0 Å². The fourth-order valence-electron chi connectivity index (χ4n) is 4.33. The molecular weight excluding hydrogens is 474 g/mol. The van der Waals surface area contributed by atoms with E-state index in [4.69, 9.17) is 9.47 Å². The van der Waals surface area contributed by atoms with E-state index in [1.165, 1.54) is 0 Å². The van der Waals surface area contributed by atoms with Gasteiger partial charge >= 0.3 is 0 Å². The molecule has 2 aliphatic heterocycles. The summed E-state index contributed by atoms with van der Waals surface area (Å²) in [6, 6.07) is 7.24. The van der Waals surface area contributed by atoms with Crippen molar-refractivity contribution in [3.8, 4) is 6.07 Å². The van der Waals surface area contributed by atoms with Gasteiger partial charge in [-0.05, 0) is 30.0 Å². The maximum atomic E-state index is 10.1. The molecule has 2 heterocycles. The molecule has 198 valence electrons. The predicted octanol–water partition coefficient (Wildman–Crippen LogP) is -1.95. The zero-order valence-electron chi connectivity index (χ0n) is 19.5. The molecule has 0 aromatic heterocycles. The summed E-state index contributed by atoms with van der Waals surface area (Å²) in [4.78, 5) is 0. The number of rotatable bonds is 8. The Balaban J connectivity index is 1.62. The predicted molar refractivity (Wildman–Crippen MR) is 126 cm³/mol. The summed E-state index contributed by atoms with van der Waals surface area (Å²) in [5, 5.41) is 87.9. The molecule has 2 aliphatic rings. The lowest BCUT2D eigenvalue weighted by molar-refractivity contribution is -0.227. The number of nitriles is 1. The average molecular weight is 508 g/mol. The molecule has 0 amide bonds. The first-order valence-electron chi connectivity index (χ1n) is 11.7. The maximum Gasteiger partial charge on any atom is 0.111 e. The van der Waals surface area contributed by atoms with Crippen molar-refractivity contribution in [3.05, 3.63) is 47.0 Å². The van der Waals surface area contributed by atoms with Crippen LogP contribution in [0.1, 0.15) is 29.5 Å². The largest absolute Gasteiger partial charge is 0.394 e. The fourth-order valence-corrected chi connectivity index (χ4v) is 4.33. The summed E-state index contributed by atoms with van der Waals surface area (Å²) in [6.07, 6.45) is -4.88. The lowest BCUT2D eigenvalue weighted by atomic mass is 9.93. The Morgan fingerprint density at radius 1 is 0.694 bits per heavy atom. The Morgan fingerprint density at radius 3 is 1.64 bits per heavy atom. The van der Waals surface area contributed by atoms with Gasteiger partial charge in [0.15, 0.2) is 0 Å². The number of hydrogen-bond donors (Lipinski definition) is 8. The van der Waals surface area contributed by atoms with Gasteiger partial charge in [0.1, 0.15) is 48.8 Å². The van der Waals surface area contributed by atoms with Crippen LogP contribution in [0.4, 0.5) is 0 Å². The molecule has 8 N–H and O–H groups in total. The molecule has 10 atom stereocenters. The average Bonchev–Trinajstić information content (AvgIpc) is 2.89. The van der Waals surface area contributed by atoms with Crippen molar-refractivity contribution in [2.24, 2.45) is 0 Å². The van der Waals surface area contributed by atoms with E-state index in [0.717, 1.165) is 0 Å². The third-order valence-electron chi connectivity index (χ3n) is 6.52.